The Morgan fingerprint density at radius 3 is 2.67 bits per heavy atom. The third-order valence-corrected chi connectivity index (χ3v) is 1.67. The molecule has 0 aromatic rings. The summed E-state index contributed by atoms with van der Waals surface area (Å²) in [5.74, 6) is 0. The lowest BCUT2D eigenvalue weighted by molar-refractivity contribution is 0.158. The van der Waals surface area contributed by atoms with Gasteiger partial charge in [0.2, 0.25) is 0 Å². The highest BCUT2D eigenvalue weighted by Gasteiger charge is 1.91. The van der Waals surface area contributed by atoms with Gasteiger partial charge in [0.15, 0.2) is 0 Å². The molecule has 0 atom stereocenters. The Morgan fingerprint density at radius 2 is 2.22 bits per heavy atom. The van der Waals surface area contributed by atoms with Gasteiger partial charge < -0.3 is 9.64 Å². The number of hydrogen-bond donors (Lipinski definition) is 0. The summed E-state index contributed by atoms with van der Waals surface area (Å²) in [6, 6.07) is 0. The van der Waals surface area contributed by atoms with Crippen LogP contribution in [-0.2, 0) is 4.74 Å². The molecule has 0 amide bonds. The minimum Gasteiger partial charge on any atom is -0.370 e. The molecule has 0 aliphatic heterocycles. The summed E-state index contributed by atoms with van der Waals surface area (Å²) in [6.07, 6.45) is 0. The fourth-order valence-electron chi connectivity index (χ4n) is 0.433. The number of hydrogen-bond acceptors (Lipinski definition) is 2. The molecule has 3 heteroatoms. The highest BCUT2D eigenvalue weighted by molar-refractivity contribution is 14.1. The smallest absolute Gasteiger partial charge is 0.0979 e. The minimum absolute atomic E-state index is 0.801. The Labute approximate surface area is 70.7 Å². The summed E-state index contributed by atoms with van der Waals surface area (Å²) < 4.78 is 5.95. The standard InChI is InChI=1S/C6H14INO/c1-3-8(2)4-5-9-6-7/h3-6H2,1-2H3. The van der Waals surface area contributed by atoms with Crippen LogP contribution in [0.1, 0.15) is 6.92 Å². The molecule has 2 nitrogen and oxygen atoms in total. The summed E-state index contributed by atoms with van der Waals surface area (Å²) >= 11 is 2.21. The van der Waals surface area contributed by atoms with E-state index in [9.17, 15) is 0 Å². The molecular formula is C6H14INO. The van der Waals surface area contributed by atoms with Crippen molar-refractivity contribution in [3.8, 4) is 0 Å². The molecule has 0 bridgehead atoms. The Bertz CT molecular complexity index is 61.0. The van der Waals surface area contributed by atoms with Crippen LogP contribution in [-0.4, -0.2) is 36.3 Å². The molecule has 0 aromatic heterocycles. The van der Waals surface area contributed by atoms with Crippen LogP contribution in [0, 0.1) is 0 Å². The first-order chi connectivity index (χ1) is 4.31. The zero-order valence-electron chi connectivity index (χ0n) is 6.06. The molecule has 0 saturated heterocycles. The maximum Gasteiger partial charge on any atom is 0.0979 e. The van der Waals surface area contributed by atoms with Crippen LogP contribution in [0.15, 0.2) is 0 Å². The van der Waals surface area contributed by atoms with E-state index in [1.54, 1.807) is 0 Å². The predicted molar refractivity (Wildman–Crippen MR) is 48.0 cm³/mol. The van der Waals surface area contributed by atoms with Gasteiger partial charge in [-0.1, -0.05) is 29.5 Å². The maximum absolute atomic E-state index is 5.15. The van der Waals surface area contributed by atoms with Gasteiger partial charge in [0.25, 0.3) is 0 Å². The van der Waals surface area contributed by atoms with Gasteiger partial charge in [-0.15, -0.1) is 0 Å². The second-order valence-electron chi connectivity index (χ2n) is 1.91. The summed E-state index contributed by atoms with van der Waals surface area (Å²) in [6.45, 7) is 5.14. The van der Waals surface area contributed by atoms with Gasteiger partial charge in [-0.05, 0) is 13.6 Å². The largest absolute Gasteiger partial charge is 0.370 e. The molecule has 0 heterocycles. The number of likely N-dealkylation sites (N-methyl/N-ethyl adjacent to an activating group) is 1. The summed E-state index contributed by atoms with van der Waals surface area (Å²) in [7, 11) is 2.09. The zero-order valence-corrected chi connectivity index (χ0v) is 8.22. The minimum atomic E-state index is 0.801. The molecule has 0 aliphatic carbocycles. The molecule has 0 radical (unpaired) electrons. The molecule has 0 N–H and O–H groups in total. The molecule has 0 unspecified atom stereocenters. The lowest BCUT2D eigenvalue weighted by Crippen LogP contribution is -2.22. The molecule has 0 saturated carbocycles. The van der Waals surface area contributed by atoms with E-state index in [0.717, 1.165) is 24.3 Å². The summed E-state index contributed by atoms with van der Waals surface area (Å²) in [5, 5.41) is 0. The van der Waals surface area contributed by atoms with Gasteiger partial charge in [0, 0.05) is 6.54 Å². The van der Waals surface area contributed by atoms with E-state index in [1.807, 2.05) is 0 Å². The molecular weight excluding hydrogens is 229 g/mol. The first-order valence-electron chi connectivity index (χ1n) is 3.13. The van der Waals surface area contributed by atoms with E-state index in [2.05, 4.69) is 41.5 Å². The third-order valence-electron chi connectivity index (χ3n) is 1.23. The van der Waals surface area contributed by atoms with Crippen molar-refractivity contribution in [3.63, 3.8) is 0 Å². The van der Waals surface area contributed by atoms with Crippen molar-refractivity contribution in [3.05, 3.63) is 0 Å². The van der Waals surface area contributed by atoms with Crippen LogP contribution in [0.25, 0.3) is 0 Å². The van der Waals surface area contributed by atoms with Crippen molar-refractivity contribution >= 4 is 22.6 Å². The number of rotatable bonds is 5. The molecule has 0 rings (SSSR count). The SMILES string of the molecule is CCN(C)CCOCI. The highest BCUT2D eigenvalue weighted by Crippen LogP contribution is 1.85. The summed E-state index contributed by atoms with van der Waals surface area (Å²) in [5.41, 5.74) is 0. The third kappa shape index (κ3) is 6.54. The molecule has 0 spiro atoms. The maximum atomic E-state index is 5.15. The van der Waals surface area contributed by atoms with Crippen molar-refractivity contribution < 1.29 is 4.74 Å². The first-order valence-corrected chi connectivity index (χ1v) is 4.66. The van der Waals surface area contributed by atoms with Crippen molar-refractivity contribution in [2.24, 2.45) is 0 Å². The predicted octanol–water partition coefficient (Wildman–Crippen LogP) is 1.35. The lowest BCUT2D eigenvalue weighted by Gasteiger charge is -2.12. The second-order valence-corrected chi connectivity index (χ2v) is 2.54. The molecule has 0 fully saturated rings. The van der Waals surface area contributed by atoms with E-state index < -0.39 is 0 Å². The van der Waals surface area contributed by atoms with Crippen LogP contribution < -0.4 is 0 Å². The van der Waals surface area contributed by atoms with E-state index in [-0.39, 0.29) is 0 Å². The first kappa shape index (κ1) is 9.65. The summed E-state index contributed by atoms with van der Waals surface area (Å²) in [4.78, 5) is 2.23. The average Bonchev–Trinajstić information content (AvgIpc) is 1.89. The quantitative estimate of drug-likeness (QED) is 0.410. The fourth-order valence-corrected chi connectivity index (χ4v) is 0.744. The van der Waals surface area contributed by atoms with Crippen LogP contribution in [0.4, 0.5) is 0 Å². The number of nitrogens with zero attached hydrogens (tertiary/aromatic N) is 1. The van der Waals surface area contributed by atoms with Crippen molar-refractivity contribution in [2.45, 2.75) is 6.92 Å². The highest BCUT2D eigenvalue weighted by atomic mass is 127. The van der Waals surface area contributed by atoms with Crippen molar-refractivity contribution in [1.29, 1.82) is 0 Å². The molecule has 9 heavy (non-hydrogen) atoms. The lowest BCUT2D eigenvalue weighted by atomic mass is 10.5. The average molecular weight is 243 g/mol. The van der Waals surface area contributed by atoms with Crippen molar-refractivity contribution in [2.75, 3.05) is 31.4 Å². The van der Waals surface area contributed by atoms with Gasteiger partial charge in [0.1, 0.15) is 0 Å². The van der Waals surface area contributed by atoms with Crippen LogP contribution in [0.3, 0.4) is 0 Å². The van der Waals surface area contributed by atoms with Crippen molar-refractivity contribution in [1.82, 2.24) is 4.90 Å². The number of halogens is 1. The molecule has 0 aliphatic rings. The Morgan fingerprint density at radius 1 is 1.56 bits per heavy atom. The fraction of sp³-hybridized carbons (Fsp3) is 1.00. The Hall–Kier alpha value is 0.650. The van der Waals surface area contributed by atoms with Crippen LogP contribution >= 0.6 is 22.6 Å². The van der Waals surface area contributed by atoms with E-state index in [0.29, 0.717) is 0 Å². The van der Waals surface area contributed by atoms with Gasteiger partial charge >= 0.3 is 0 Å². The Balaban J connectivity index is 2.88. The van der Waals surface area contributed by atoms with E-state index in [1.165, 1.54) is 0 Å². The van der Waals surface area contributed by atoms with E-state index in [4.69, 9.17) is 4.74 Å². The van der Waals surface area contributed by atoms with Gasteiger partial charge in [-0.2, -0.15) is 0 Å². The molecule has 0 aromatic carbocycles. The second kappa shape index (κ2) is 6.77. The topological polar surface area (TPSA) is 12.5 Å². The van der Waals surface area contributed by atoms with E-state index >= 15 is 0 Å². The zero-order chi connectivity index (χ0) is 7.11. The van der Waals surface area contributed by atoms with Gasteiger partial charge in [-0.25, -0.2) is 0 Å². The normalized spacial score (nSPS) is 10.7. The molecule has 56 valence electrons. The number of ether oxygens (including phenoxy) is 1. The Kier molecular flexibility index (Phi) is 7.25. The van der Waals surface area contributed by atoms with Crippen LogP contribution in [0.2, 0.25) is 0 Å². The van der Waals surface area contributed by atoms with Gasteiger partial charge in [0.05, 0.1) is 11.2 Å². The van der Waals surface area contributed by atoms with Gasteiger partial charge in [-0.3, -0.25) is 0 Å². The monoisotopic (exact) mass is 243 g/mol. The number of alkyl halides is 1. The van der Waals surface area contributed by atoms with Crippen LogP contribution in [0.5, 0.6) is 0 Å².